The highest BCUT2D eigenvalue weighted by molar-refractivity contribution is 5.99. The maximum Gasteiger partial charge on any atom is 0.164 e. The van der Waals surface area contributed by atoms with Gasteiger partial charge in [-0.05, 0) is 51.2 Å². The summed E-state index contributed by atoms with van der Waals surface area (Å²) in [4.78, 5) is 24.9. The number of hydrogen-bond acceptors (Lipinski definition) is 5. The molecule has 0 amide bonds. The van der Waals surface area contributed by atoms with Gasteiger partial charge in [-0.3, -0.25) is 0 Å². The van der Waals surface area contributed by atoms with Gasteiger partial charge in [0.2, 0.25) is 0 Å². The number of nitrogens with zero attached hydrogens (tertiary/aromatic N) is 5. The SMILES string of the molecule is c1ccc(-c2cc(-c3ccccc3)nc(-c3cccc(-c4ccc5cccc(-c6ccc(-c7nc(-c8ccccc8)nc(-c8ccccc8)n7)cc6)c5c4)c3)n2)cc1. The molecule has 5 heteroatoms. The lowest BCUT2D eigenvalue weighted by molar-refractivity contribution is 1.07. The summed E-state index contributed by atoms with van der Waals surface area (Å²) >= 11 is 0. The Morgan fingerprint density at radius 1 is 0.224 bits per heavy atom. The second-order valence-corrected chi connectivity index (χ2v) is 14.1. The molecule has 5 nitrogen and oxygen atoms in total. The molecule has 0 fully saturated rings. The molecule has 0 unspecified atom stereocenters. The highest BCUT2D eigenvalue weighted by Gasteiger charge is 2.15. The zero-order chi connectivity index (χ0) is 38.7. The molecule has 0 aliphatic rings. The molecule has 2 aromatic heterocycles. The summed E-state index contributed by atoms with van der Waals surface area (Å²) in [5.41, 5.74) is 12.1. The number of hydrogen-bond donors (Lipinski definition) is 0. The quantitative estimate of drug-likeness (QED) is 0.155. The Labute approximate surface area is 337 Å². The third kappa shape index (κ3) is 7.04. The van der Waals surface area contributed by atoms with Crippen molar-refractivity contribution < 1.29 is 0 Å². The molecular formula is C53H35N5. The van der Waals surface area contributed by atoms with E-state index in [2.05, 4.69) is 115 Å². The molecule has 0 bridgehead atoms. The average molecular weight is 742 g/mol. The maximum atomic E-state index is 5.08. The van der Waals surface area contributed by atoms with Gasteiger partial charge < -0.3 is 0 Å². The van der Waals surface area contributed by atoms with Crippen LogP contribution in [0.2, 0.25) is 0 Å². The number of benzene rings is 8. The minimum Gasteiger partial charge on any atom is -0.228 e. The van der Waals surface area contributed by atoms with E-state index in [1.165, 1.54) is 10.8 Å². The fourth-order valence-electron chi connectivity index (χ4n) is 7.37. The van der Waals surface area contributed by atoms with Crippen molar-refractivity contribution in [2.45, 2.75) is 0 Å². The molecule has 0 aliphatic heterocycles. The van der Waals surface area contributed by atoms with Gasteiger partial charge in [0.1, 0.15) is 0 Å². The van der Waals surface area contributed by atoms with Gasteiger partial charge in [-0.15, -0.1) is 0 Å². The van der Waals surface area contributed by atoms with Crippen LogP contribution in [0.5, 0.6) is 0 Å². The third-order valence-corrected chi connectivity index (χ3v) is 10.4. The number of aromatic nitrogens is 5. The minimum absolute atomic E-state index is 0.633. The molecule has 0 aliphatic carbocycles. The van der Waals surface area contributed by atoms with Gasteiger partial charge in [0.15, 0.2) is 23.3 Å². The molecule has 58 heavy (non-hydrogen) atoms. The number of fused-ring (bicyclic) bond motifs is 1. The van der Waals surface area contributed by atoms with Crippen LogP contribution in [-0.2, 0) is 0 Å². The molecule has 0 radical (unpaired) electrons. The zero-order valence-corrected chi connectivity index (χ0v) is 31.4. The normalized spacial score (nSPS) is 11.1. The summed E-state index contributed by atoms with van der Waals surface area (Å²) in [5.74, 6) is 2.61. The fourth-order valence-corrected chi connectivity index (χ4v) is 7.37. The van der Waals surface area contributed by atoms with E-state index in [9.17, 15) is 0 Å². The molecule has 10 aromatic rings. The van der Waals surface area contributed by atoms with Crippen LogP contribution < -0.4 is 0 Å². The van der Waals surface area contributed by atoms with Crippen molar-refractivity contribution in [1.29, 1.82) is 0 Å². The van der Waals surface area contributed by atoms with Gasteiger partial charge in [-0.25, -0.2) is 24.9 Å². The summed E-state index contributed by atoms with van der Waals surface area (Å²) in [6.45, 7) is 0. The minimum atomic E-state index is 0.633. The molecule has 272 valence electrons. The molecule has 8 aromatic carbocycles. The first-order valence-electron chi connectivity index (χ1n) is 19.3. The Kier molecular flexibility index (Phi) is 9.14. The molecular weight excluding hydrogens is 707 g/mol. The predicted octanol–water partition coefficient (Wildman–Crippen LogP) is 13.2. The van der Waals surface area contributed by atoms with Crippen LogP contribution in [0.3, 0.4) is 0 Å². The van der Waals surface area contributed by atoms with E-state index in [0.29, 0.717) is 23.3 Å². The standard InChI is InChI=1S/C53H35N5/c1-5-15-38(16-6-1)48-35-49(39-17-7-2-8-18-39)55-53(54-48)45-25-13-24-43(33-45)44-32-29-36-23-14-26-46(47(36)34-44)37-27-30-42(31-28-37)52-57-50(40-19-9-3-10-20-40)56-51(58-52)41-21-11-4-12-22-41/h1-35H. The predicted molar refractivity (Wildman–Crippen MR) is 236 cm³/mol. The molecule has 0 spiro atoms. The second kappa shape index (κ2) is 15.3. The van der Waals surface area contributed by atoms with E-state index in [4.69, 9.17) is 24.9 Å². The molecule has 2 heterocycles. The van der Waals surface area contributed by atoms with Gasteiger partial charge in [-0.2, -0.15) is 0 Å². The number of rotatable bonds is 8. The van der Waals surface area contributed by atoms with Crippen LogP contribution in [0, 0.1) is 0 Å². The molecule has 0 atom stereocenters. The summed E-state index contributed by atoms with van der Waals surface area (Å²) in [6.07, 6.45) is 0. The molecule has 0 saturated heterocycles. The van der Waals surface area contributed by atoms with E-state index in [-0.39, 0.29) is 0 Å². The average Bonchev–Trinajstić information content (AvgIpc) is 3.32. The lowest BCUT2D eigenvalue weighted by Crippen LogP contribution is -2.00. The van der Waals surface area contributed by atoms with Gasteiger partial charge in [0.25, 0.3) is 0 Å². The van der Waals surface area contributed by atoms with E-state index >= 15 is 0 Å². The van der Waals surface area contributed by atoms with Crippen molar-refractivity contribution in [3.05, 3.63) is 212 Å². The van der Waals surface area contributed by atoms with Crippen LogP contribution in [-0.4, -0.2) is 24.9 Å². The smallest absolute Gasteiger partial charge is 0.164 e. The van der Waals surface area contributed by atoms with Gasteiger partial charge >= 0.3 is 0 Å². The summed E-state index contributed by atoms with van der Waals surface area (Å²) in [6, 6.07) is 73.0. The summed E-state index contributed by atoms with van der Waals surface area (Å²) in [7, 11) is 0. The van der Waals surface area contributed by atoms with Crippen LogP contribution in [0.15, 0.2) is 212 Å². The van der Waals surface area contributed by atoms with Crippen molar-refractivity contribution in [3.63, 3.8) is 0 Å². The topological polar surface area (TPSA) is 64.5 Å². The zero-order valence-electron chi connectivity index (χ0n) is 31.4. The monoisotopic (exact) mass is 741 g/mol. The highest BCUT2D eigenvalue weighted by Crippen LogP contribution is 2.35. The largest absolute Gasteiger partial charge is 0.228 e. The van der Waals surface area contributed by atoms with Crippen LogP contribution >= 0.6 is 0 Å². The lowest BCUT2D eigenvalue weighted by atomic mass is 9.94. The summed E-state index contributed by atoms with van der Waals surface area (Å²) < 4.78 is 0. The van der Waals surface area contributed by atoms with Gasteiger partial charge in [0, 0.05) is 33.4 Å². The Hall–Kier alpha value is -7.89. The van der Waals surface area contributed by atoms with Crippen molar-refractivity contribution >= 4 is 10.8 Å². The maximum absolute atomic E-state index is 5.08. The summed E-state index contributed by atoms with van der Waals surface area (Å²) in [5, 5.41) is 2.34. The first-order valence-corrected chi connectivity index (χ1v) is 19.3. The molecule has 0 N–H and O–H groups in total. The molecule has 10 rings (SSSR count). The fraction of sp³-hybridized carbons (Fsp3) is 0. The van der Waals surface area contributed by atoms with E-state index in [1.807, 2.05) is 97.1 Å². The van der Waals surface area contributed by atoms with Crippen molar-refractivity contribution in [2.24, 2.45) is 0 Å². The Morgan fingerprint density at radius 3 is 1.17 bits per heavy atom. The van der Waals surface area contributed by atoms with Crippen LogP contribution in [0.25, 0.3) is 101 Å². The van der Waals surface area contributed by atoms with Crippen molar-refractivity contribution in [1.82, 2.24) is 24.9 Å². The Bertz CT molecular complexity index is 2910. The third-order valence-electron chi connectivity index (χ3n) is 10.4. The van der Waals surface area contributed by atoms with E-state index < -0.39 is 0 Å². The van der Waals surface area contributed by atoms with Crippen LogP contribution in [0.1, 0.15) is 0 Å². The first-order chi connectivity index (χ1) is 28.7. The molecule has 0 saturated carbocycles. The van der Waals surface area contributed by atoms with Crippen molar-refractivity contribution in [3.8, 4) is 90.3 Å². The Balaban J connectivity index is 1.01. The van der Waals surface area contributed by atoms with E-state index in [1.54, 1.807) is 0 Å². The van der Waals surface area contributed by atoms with Crippen LogP contribution in [0.4, 0.5) is 0 Å². The second-order valence-electron chi connectivity index (χ2n) is 14.1. The lowest BCUT2D eigenvalue weighted by Gasteiger charge is -2.12. The Morgan fingerprint density at radius 2 is 0.621 bits per heavy atom. The first kappa shape index (κ1) is 34.6. The van der Waals surface area contributed by atoms with Gasteiger partial charge in [-0.1, -0.05) is 194 Å². The van der Waals surface area contributed by atoms with Crippen molar-refractivity contribution in [2.75, 3.05) is 0 Å². The van der Waals surface area contributed by atoms with Gasteiger partial charge in [0.05, 0.1) is 11.4 Å². The van der Waals surface area contributed by atoms with E-state index in [0.717, 1.165) is 67.0 Å². The highest BCUT2D eigenvalue weighted by atomic mass is 15.0.